The van der Waals surface area contributed by atoms with Crippen molar-refractivity contribution < 1.29 is 5.11 Å². The van der Waals surface area contributed by atoms with Crippen LogP contribution >= 0.6 is 36.4 Å². The van der Waals surface area contributed by atoms with Gasteiger partial charge >= 0.3 is 0 Å². The van der Waals surface area contributed by atoms with E-state index in [1.165, 1.54) is 23.3 Å². The summed E-state index contributed by atoms with van der Waals surface area (Å²) in [6.07, 6.45) is 2.73. The quantitative estimate of drug-likeness (QED) is 0.452. The smallest absolute Gasteiger partial charge is 0.263 e. The van der Waals surface area contributed by atoms with Crippen molar-refractivity contribution in [3.63, 3.8) is 0 Å². The molecule has 19 heavy (non-hydrogen) atoms. The van der Waals surface area contributed by atoms with Crippen molar-refractivity contribution in [2.75, 3.05) is 11.3 Å². The van der Waals surface area contributed by atoms with Gasteiger partial charge in [0.15, 0.2) is 0 Å². The van der Waals surface area contributed by atoms with E-state index in [0.717, 1.165) is 0 Å². The van der Waals surface area contributed by atoms with E-state index >= 15 is 0 Å². The molecule has 0 aliphatic heterocycles. The average molecular weight is 326 g/mol. The van der Waals surface area contributed by atoms with Crippen LogP contribution < -0.4 is 11.3 Å². The van der Waals surface area contributed by atoms with Crippen molar-refractivity contribution in [2.45, 2.75) is 0 Å². The molecule has 7 nitrogen and oxygen atoms in total. The Morgan fingerprint density at radius 3 is 2.79 bits per heavy atom. The Hall–Kier alpha value is -1.70. The number of phenolic OH excluding ortho intramolecular Hbond substituents is 1. The van der Waals surface area contributed by atoms with E-state index in [9.17, 15) is 5.11 Å². The molecule has 0 unspecified atom stereocenters. The number of hydrogen-bond donors (Lipinski definition) is 3. The summed E-state index contributed by atoms with van der Waals surface area (Å²) in [5.41, 5.74) is 3.05. The zero-order valence-electron chi connectivity index (χ0n) is 9.39. The van der Waals surface area contributed by atoms with Gasteiger partial charge in [-0.05, 0) is 18.2 Å². The van der Waals surface area contributed by atoms with Crippen molar-refractivity contribution in [1.82, 2.24) is 14.9 Å². The molecule has 10 heteroatoms. The SMILES string of the molecule is Cl.Cl.Nn1cnnc1NN=Cc1cc(Cl)ccc1O. The third kappa shape index (κ3) is 4.47. The van der Waals surface area contributed by atoms with Gasteiger partial charge in [-0.1, -0.05) is 11.6 Å². The summed E-state index contributed by atoms with van der Waals surface area (Å²) in [5, 5.41) is 21.1. The van der Waals surface area contributed by atoms with E-state index in [4.69, 9.17) is 17.4 Å². The predicted molar refractivity (Wildman–Crippen MR) is 79.0 cm³/mol. The zero-order valence-corrected chi connectivity index (χ0v) is 11.8. The van der Waals surface area contributed by atoms with Gasteiger partial charge in [0, 0.05) is 10.6 Å². The van der Waals surface area contributed by atoms with Gasteiger partial charge in [0.2, 0.25) is 0 Å². The molecule has 0 radical (unpaired) electrons. The van der Waals surface area contributed by atoms with Crippen LogP contribution in [0, 0.1) is 0 Å². The average Bonchev–Trinajstić information content (AvgIpc) is 2.70. The van der Waals surface area contributed by atoms with Gasteiger partial charge in [-0.25, -0.2) is 10.1 Å². The molecule has 2 aromatic rings. The van der Waals surface area contributed by atoms with Crippen LogP contribution in [0.2, 0.25) is 5.02 Å². The fourth-order valence-corrected chi connectivity index (χ4v) is 1.29. The lowest BCUT2D eigenvalue weighted by Crippen LogP contribution is -2.10. The molecule has 2 rings (SSSR count). The fourth-order valence-electron chi connectivity index (χ4n) is 1.11. The monoisotopic (exact) mass is 324 g/mol. The number of rotatable bonds is 3. The number of benzene rings is 1. The van der Waals surface area contributed by atoms with E-state index in [0.29, 0.717) is 10.6 Å². The first kappa shape index (κ1) is 17.3. The number of anilines is 1. The Labute approximate surface area is 126 Å². The molecule has 1 heterocycles. The lowest BCUT2D eigenvalue weighted by molar-refractivity contribution is 0.474. The second kappa shape index (κ2) is 7.67. The summed E-state index contributed by atoms with van der Waals surface area (Å²) in [4.78, 5) is 0. The molecule has 4 N–H and O–H groups in total. The Morgan fingerprint density at radius 2 is 2.16 bits per heavy atom. The van der Waals surface area contributed by atoms with Crippen LogP contribution in [0.4, 0.5) is 5.95 Å². The van der Waals surface area contributed by atoms with Crippen molar-refractivity contribution in [2.24, 2.45) is 5.10 Å². The van der Waals surface area contributed by atoms with Crippen molar-refractivity contribution in [3.8, 4) is 5.75 Å². The molecule has 0 amide bonds. The lowest BCUT2D eigenvalue weighted by atomic mass is 10.2. The van der Waals surface area contributed by atoms with E-state index in [1.807, 2.05) is 0 Å². The number of aromatic nitrogens is 3. The maximum atomic E-state index is 9.51. The molecular formula is C9H11Cl3N6O. The summed E-state index contributed by atoms with van der Waals surface area (Å²) >= 11 is 5.78. The minimum Gasteiger partial charge on any atom is -0.507 e. The highest BCUT2D eigenvalue weighted by molar-refractivity contribution is 6.30. The number of halogens is 3. The number of aromatic hydroxyl groups is 1. The topological polar surface area (TPSA) is 101 Å². The summed E-state index contributed by atoms with van der Waals surface area (Å²) in [7, 11) is 0. The van der Waals surface area contributed by atoms with E-state index < -0.39 is 0 Å². The van der Waals surface area contributed by atoms with E-state index in [2.05, 4.69) is 20.7 Å². The normalized spacial score (nSPS) is 9.74. The van der Waals surface area contributed by atoms with E-state index in [1.54, 1.807) is 12.1 Å². The van der Waals surface area contributed by atoms with Gasteiger partial charge in [0.25, 0.3) is 5.95 Å². The van der Waals surface area contributed by atoms with Crippen LogP contribution in [-0.2, 0) is 0 Å². The van der Waals surface area contributed by atoms with Gasteiger partial charge in [-0.3, -0.25) is 0 Å². The first-order valence-corrected chi connectivity index (χ1v) is 4.97. The number of nitrogens with two attached hydrogens (primary N) is 1. The molecule has 0 saturated carbocycles. The molecule has 0 saturated heterocycles. The van der Waals surface area contributed by atoms with Crippen LogP contribution in [0.3, 0.4) is 0 Å². The molecule has 0 fully saturated rings. The molecule has 0 atom stereocenters. The fraction of sp³-hybridized carbons (Fsp3) is 0. The number of nitrogens with one attached hydrogen (secondary N) is 1. The van der Waals surface area contributed by atoms with Crippen LogP contribution in [0.1, 0.15) is 5.56 Å². The third-order valence-corrected chi connectivity index (χ3v) is 2.17. The number of nitrogens with zero attached hydrogens (tertiary/aromatic N) is 4. The van der Waals surface area contributed by atoms with Crippen LogP contribution in [0.25, 0.3) is 0 Å². The molecule has 0 bridgehead atoms. The minimum atomic E-state index is 0. The van der Waals surface area contributed by atoms with Crippen LogP contribution in [0.15, 0.2) is 29.6 Å². The molecule has 1 aromatic carbocycles. The largest absolute Gasteiger partial charge is 0.507 e. The summed E-state index contributed by atoms with van der Waals surface area (Å²) in [6, 6.07) is 4.64. The molecule has 0 aliphatic carbocycles. The summed E-state index contributed by atoms with van der Waals surface area (Å²) in [5.74, 6) is 5.82. The summed E-state index contributed by atoms with van der Waals surface area (Å²) in [6.45, 7) is 0. The lowest BCUT2D eigenvalue weighted by Gasteiger charge is -2.00. The summed E-state index contributed by atoms with van der Waals surface area (Å²) < 4.78 is 1.18. The van der Waals surface area contributed by atoms with Crippen LogP contribution in [0.5, 0.6) is 5.75 Å². The number of hydrogen-bond acceptors (Lipinski definition) is 6. The number of phenols is 1. The van der Waals surface area contributed by atoms with Gasteiger partial charge in [-0.15, -0.1) is 35.0 Å². The van der Waals surface area contributed by atoms with Crippen molar-refractivity contribution >= 4 is 48.6 Å². The minimum absolute atomic E-state index is 0. The molecule has 1 aromatic heterocycles. The number of nitrogen functional groups attached to an aromatic ring is 1. The molecule has 0 aliphatic rings. The maximum absolute atomic E-state index is 9.51. The highest BCUT2D eigenvalue weighted by Gasteiger charge is 2.00. The Kier molecular flexibility index (Phi) is 6.99. The Bertz CT molecular complexity index is 559. The zero-order chi connectivity index (χ0) is 12.3. The standard InChI is InChI=1S/C9H9ClN6O.2ClH/c10-7-1-2-8(17)6(3-7)4-12-14-9-15-13-5-16(9)11;;/h1-5,17H,11H2,(H,14,15);2*1H. The highest BCUT2D eigenvalue weighted by Crippen LogP contribution is 2.19. The number of hydrazone groups is 1. The second-order valence-corrected chi connectivity index (χ2v) is 3.57. The second-order valence-electron chi connectivity index (χ2n) is 3.13. The van der Waals surface area contributed by atoms with Gasteiger partial charge in [-0.2, -0.15) is 5.10 Å². The van der Waals surface area contributed by atoms with Gasteiger partial charge < -0.3 is 10.9 Å². The Balaban J connectivity index is 0.00000162. The Morgan fingerprint density at radius 1 is 1.42 bits per heavy atom. The third-order valence-electron chi connectivity index (χ3n) is 1.93. The maximum Gasteiger partial charge on any atom is 0.263 e. The van der Waals surface area contributed by atoms with Gasteiger partial charge in [0.1, 0.15) is 12.1 Å². The highest BCUT2D eigenvalue weighted by atomic mass is 35.5. The van der Waals surface area contributed by atoms with E-state index in [-0.39, 0.29) is 36.5 Å². The molecular weight excluding hydrogens is 314 g/mol. The molecule has 104 valence electrons. The predicted octanol–water partition coefficient (Wildman–Crippen LogP) is 1.64. The first-order chi connectivity index (χ1) is 8.16. The first-order valence-electron chi connectivity index (χ1n) is 4.59. The van der Waals surface area contributed by atoms with Crippen LogP contribution in [-0.4, -0.2) is 26.2 Å². The van der Waals surface area contributed by atoms with Crippen molar-refractivity contribution in [3.05, 3.63) is 35.1 Å². The van der Waals surface area contributed by atoms with Gasteiger partial charge in [0.05, 0.1) is 6.21 Å². The van der Waals surface area contributed by atoms with Crippen molar-refractivity contribution in [1.29, 1.82) is 0 Å². The molecule has 0 spiro atoms.